The Hall–Kier alpha value is -2.26. The van der Waals surface area contributed by atoms with Gasteiger partial charge >= 0.3 is 5.97 Å². The summed E-state index contributed by atoms with van der Waals surface area (Å²) in [5.74, 6) is -0.0285. The number of nitrogens with zero attached hydrogens (tertiary/aromatic N) is 2. The molecule has 0 saturated carbocycles. The van der Waals surface area contributed by atoms with E-state index in [2.05, 4.69) is 0 Å². The zero-order chi connectivity index (χ0) is 25.8. The van der Waals surface area contributed by atoms with Gasteiger partial charge < -0.3 is 24.0 Å². The van der Waals surface area contributed by atoms with Crippen molar-refractivity contribution in [1.82, 2.24) is 4.90 Å². The minimum Gasteiger partial charge on any atom is -0.497 e. The van der Waals surface area contributed by atoms with E-state index in [0.717, 1.165) is 16.1 Å². The van der Waals surface area contributed by atoms with Gasteiger partial charge in [0.25, 0.3) is 5.91 Å². The van der Waals surface area contributed by atoms with E-state index in [9.17, 15) is 9.59 Å². The van der Waals surface area contributed by atoms with Crippen LogP contribution in [0.3, 0.4) is 0 Å². The molecule has 1 amide bonds. The van der Waals surface area contributed by atoms with Crippen LogP contribution in [0.5, 0.6) is 5.75 Å². The third kappa shape index (κ3) is 7.36. The van der Waals surface area contributed by atoms with Gasteiger partial charge in [0, 0.05) is 23.0 Å². The lowest BCUT2D eigenvalue weighted by Crippen LogP contribution is -2.45. The second kappa shape index (κ2) is 11.6. The summed E-state index contributed by atoms with van der Waals surface area (Å²) in [5.41, 5.74) is 0.995. The highest BCUT2D eigenvalue weighted by Crippen LogP contribution is 2.47. The number of likely N-dealkylation sites (N-methyl/N-ethyl adjacent to an activating group) is 1. The first-order valence-corrected chi connectivity index (χ1v) is 12.6. The summed E-state index contributed by atoms with van der Waals surface area (Å²) in [4.78, 5) is 31.0. The quantitative estimate of drug-likeness (QED) is 0.462. The maximum absolute atomic E-state index is 14.0. The van der Waals surface area contributed by atoms with Crippen molar-refractivity contribution in [3.05, 3.63) is 53.1 Å². The summed E-state index contributed by atoms with van der Waals surface area (Å²) in [6.45, 7) is 6.16. The van der Waals surface area contributed by atoms with Gasteiger partial charge in [0.1, 0.15) is 18.0 Å². The normalized spacial score (nSPS) is 18.3. The van der Waals surface area contributed by atoms with Gasteiger partial charge in [-0.2, -0.15) is 0 Å². The van der Waals surface area contributed by atoms with Gasteiger partial charge in [-0.25, -0.2) is 4.79 Å². The maximum atomic E-state index is 14.0. The van der Waals surface area contributed by atoms with E-state index >= 15 is 0 Å². The highest BCUT2D eigenvalue weighted by Gasteiger charge is 2.40. The molecule has 1 heterocycles. The Morgan fingerprint density at radius 3 is 2.43 bits per heavy atom. The Morgan fingerprint density at radius 2 is 1.83 bits per heavy atom. The molecule has 190 valence electrons. The highest BCUT2D eigenvalue weighted by atomic mass is 35.5. The first-order valence-electron chi connectivity index (χ1n) is 11.4. The fourth-order valence-corrected chi connectivity index (χ4v) is 5.28. The molecule has 2 unspecified atom stereocenters. The Labute approximate surface area is 216 Å². The predicted molar refractivity (Wildman–Crippen MR) is 140 cm³/mol. The molecular formula is C26H33ClN2O5S. The van der Waals surface area contributed by atoms with Crippen LogP contribution in [0.1, 0.15) is 31.6 Å². The molecule has 0 radical (unpaired) electrons. The van der Waals surface area contributed by atoms with Crippen LogP contribution in [0.4, 0.5) is 5.69 Å². The SMILES string of the molecule is COc1ccc(C2Sc3cc(Cl)ccc3N(CCN(C)C)C(=O)C2OCC(=O)OC(C)(C)C)cc1. The smallest absolute Gasteiger partial charge is 0.332 e. The van der Waals surface area contributed by atoms with Crippen molar-refractivity contribution in [2.24, 2.45) is 0 Å². The Kier molecular flexibility index (Phi) is 9.10. The zero-order valence-electron chi connectivity index (χ0n) is 21.0. The fourth-order valence-electron chi connectivity index (χ4n) is 3.66. The van der Waals surface area contributed by atoms with Crippen molar-refractivity contribution < 1.29 is 23.8 Å². The van der Waals surface area contributed by atoms with E-state index in [0.29, 0.717) is 23.9 Å². The number of carbonyl (C=O) groups is 2. The molecule has 2 atom stereocenters. The molecule has 0 aromatic heterocycles. The number of hydrogen-bond donors (Lipinski definition) is 0. The maximum Gasteiger partial charge on any atom is 0.332 e. The lowest BCUT2D eigenvalue weighted by atomic mass is 10.1. The van der Waals surface area contributed by atoms with Crippen LogP contribution in [-0.4, -0.2) is 69.4 Å². The number of hydrogen-bond acceptors (Lipinski definition) is 7. The van der Waals surface area contributed by atoms with Crippen LogP contribution in [0.2, 0.25) is 5.02 Å². The number of benzene rings is 2. The molecule has 0 bridgehead atoms. The molecule has 3 rings (SSSR count). The molecule has 9 heteroatoms. The van der Waals surface area contributed by atoms with Crippen LogP contribution in [0.25, 0.3) is 0 Å². The Bertz CT molecular complexity index is 1040. The number of esters is 1. The van der Waals surface area contributed by atoms with Crippen molar-refractivity contribution in [2.75, 3.05) is 45.8 Å². The first kappa shape index (κ1) is 27.3. The van der Waals surface area contributed by atoms with Gasteiger partial charge in [0.2, 0.25) is 0 Å². The average molecular weight is 521 g/mol. The van der Waals surface area contributed by atoms with Crippen molar-refractivity contribution >= 4 is 40.9 Å². The molecule has 2 aromatic carbocycles. The molecule has 2 aromatic rings. The zero-order valence-corrected chi connectivity index (χ0v) is 22.6. The van der Waals surface area contributed by atoms with Gasteiger partial charge in [-0.3, -0.25) is 4.79 Å². The summed E-state index contributed by atoms with van der Waals surface area (Å²) >= 11 is 7.84. The second-order valence-corrected chi connectivity index (χ2v) is 11.2. The Morgan fingerprint density at radius 1 is 1.14 bits per heavy atom. The summed E-state index contributed by atoms with van der Waals surface area (Å²) in [7, 11) is 5.51. The molecule has 1 aliphatic heterocycles. The molecule has 0 aliphatic carbocycles. The number of anilines is 1. The number of amides is 1. The monoisotopic (exact) mass is 520 g/mol. The fraction of sp³-hybridized carbons (Fsp3) is 0.462. The predicted octanol–water partition coefficient (Wildman–Crippen LogP) is 4.82. The van der Waals surface area contributed by atoms with E-state index in [-0.39, 0.29) is 12.5 Å². The van der Waals surface area contributed by atoms with E-state index in [1.54, 1.807) is 38.8 Å². The van der Waals surface area contributed by atoms with Crippen LogP contribution in [-0.2, 0) is 19.1 Å². The van der Waals surface area contributed by atoms with Crippen LogP contribution >= 0.6 is 23.4 Å². The van der Waals surface area contributed by atoms with Gasteiger partial charge in [-0.1, -0.05) is 23.7 Å². The molecule has 1 aliphatic rings. The van der Waals surface area contributed by atoms with E-state index < -0.39 is 22.9 Å². The van der Waals surface area contributed by atoms with Crippen LogP contribution in [0.15, 0.2) is 47.4 Å². The van der Waals surface area contributed by atoms with Gasteiger partial charge in [0.05, 0.1) is 18.0 Å². The topological polar surface area (TPSA) is 68.3 Å². The average Bonchev–Trinajstić information content (AvgIpc) is 2.89. The molecular weight excluding hydrogens is 488 g/mol. The van der Waals surface area contributed by atoms with Crippen LogP contribution < -0.4 is 9.64 Å². The van der Waals surface area contributed by atoms with Gasteiger partial charge in [0.15, 0.2) is 6.10 Å². The standard InChI is InChI=1S/C26H33ClN2O5S/c1-26(2,3)34-22(30)16-33-23-24(17-7-10-19(32-6)11-8-17)35-21-15-18(27)9-12-20(21)29(25(23)31)14-13-28(4)5/h7-12,15,23-24H,13-14,16H2,1-6H3. The largest absolute Gasteiger partial charge is 0.497 e. The van der Waals surface area contributed by atoms with Crippen LogP contribution in [0, 0.1) is 0 Å². The summed E-state index contributed by atoms with van der Waals surface area (Å²) < 4.78 is 16.8. The van der Waals surface area contributed by atoms with Gasteiger partial charge in [-0.05, 0) is 70.8 Å². The number of rotatable bonds is 8. The number of ether oxygens (including phenoxy) is 3. The molecule has 35 heavy (non-hydrogen) atoms. The third-order valence-corrected chi connectivity index (χ3v) is 6.86. The second-order valence-electron chi connectivity index (χ2n) is 9.53. The van der Waals surface area contributed by atoms with E-state index in [4.69, 9.17) is 25.8 Å². The molecule has 0 spiro atoms. The van der Waals surface area contributed by atoms with Gasteiger partial charge in [-0.15, -0.1) is 11.8 Å². The number of carbonyl (C=O) groups excluding carboxylic acids is 2. The molecule has 0 N–H and O–H groups in total. The summed E-state index contributed by atoms with van der Waals surface area (Å²) in [5, 5.41) is 0.162. The van der Waals surface area contributed by atoms with Crippen molar-refractivity contribution in [1.29, 1.82) is 0 Å². The number of methoxy groups -OCH3 is 1. The lowest BCUT2D eigenvalue weighted by Gasteiger charge is -2.29. The summed E-state index contributed by atoms with van der Waals surface area (Å²) in [6.07, 6.45) is -0.922. The van der Waals surface area contributed by atoms with E-state index in [1.807, 2.05) is 55.4 Å². The number of fused-ring (bicyclic) bond motifs is 1. The summed E-state index contributed by atoms with van der Waals surface area (Å²) in [6, 6.07) is 13.0. The van der Waals surface area contributed by atoms with Crippen molar-refractivity contribution in [2.45, 2.75) is 42.6 Å². The third-order valence-electron chi connectivity index (χ3n) is 5.27. The van der Waals surface area contributed by atoms with E-state index in [1.165, 1.54) is 11.8 Å². The molecule has 0 fully saturated rings. The number of halogens is 1. The van der Waals surface area contributed by atoms with Crippen molar-refractivity contribution in [3.8, 4) is 5.75 Å². The van der Waals surface area contributed by atoms with Crippen molar-refractivity contribution in [3.63, 3.8) is 0 Å². The minimum absolute atomic E-state index is 0.218. The Balaban J connectivity index is 2.02. The first-order chi connectivity index (χ1) is 16.5. The number of thioether (sulfide) groups is 1. The minimum atomic E-state index is -0.922. The highest BCUT2D eigenvalue weighted by molar-refractivity contribution is 7.99. The molecule has 0 saturated heterocycles. The molecule has 7 nitrogen and oxygen atoms in total. The lowest BCUT2D eigenvalue weighted by molar-refractivity contribution is -0.163.